The zero-order valence-corrected chi connectivity index (χ0v) is 8.07. The first kappa shape index (κ1) is 9.13. The molecule has 0 fully saturated rings. The van der Waals surface area contributed by atoms with Crippen LogP contribution in [0.1, 0.15) is 11.1 Å². The molecule has 0 radical (unpaired) electrons. The van der Waals surface area contributed by atoms with Crippen molar-refractivity contribution < 1.29 is 8.78 Å². The normalized spacial score (nSPS) is 10.9. The van der Waals surface area contributed by atoms with Crippen LogP contribution in [-0.4, -0.2) is 0 Å². The van der Waals surface area contributed by atoms with E-state index in [-0.39, 0.29) is 11.6 Å². The Morgan fingerprint density at radius 3 is 2.29 bits per heavy atom. The van der Waals surface area contributed by atoms with Gasteiger partial charge in [0.25, 0.3) is 0 Å². The average Bonchev–Trinajstić information content (AvgIpc) is 2.10. The molecule has 0 heterocycles. The molecule has 14 heavy (non-hydrogen) atoms. The minimum Gasteiger partial charge on any atom is -0.206 e. The average molecular weight is 192 g/mol. The molecule has 72 valence electrons. The molecule has 0 N–H and O–H groups in total. The first-order valence-corrected chi connectivity index (χ1v) is 4.44. The molecule has 0 amide bonds. The van der Waals surface area contributed by atoms with Gasteiger partial charge in [0, 0.05) is 10.8 Å². The van der Waals surface area contributed by atoms with Crippen molar-refractivity contribution in [1.82, 2.24) is 0 Å². The minimum absolute atomic E-state index is 0.362. The summed E-state index contributed by atoms with van der Waals surface area (Å²) in [4.78, 5) is 0. The fourth-order valence-corrected chi connectivity index (χ4v) is 1.79. The maximum atomic E-state index is 13.4. The predicted octanol–water partition coefficient (Wildman–Crippen LogP) is 3.73. The van der Waals surface area contributed by atoms with Crippen LogP contribution in [0.2, 0.25) is 0 Å². The summed E-state index contributed by atoms with van der Waals surface area (Å²) >= 11 is 0. The second-order valence-electron chi connectivity index (χ2n) is 3.53. The van der Waals surface area contributed by atoms with Gasteiger partial charge < -0.3 is 0 Å². The molecular formula is C12H10F2. The molecule has 2 rings (SSSR count). The van der Waals surface area contributed by atoms with E-state index in [1.165, 1.54) is 6.07 Å². The Labute approximate surface area is 81.2 Å². The van der Waals surface area contributed by atoms with Gasteiger partial charge in [0.2, 0.25) is 0 Å². The highest BCUT2D eigenvalue weighted by Crippen LogP contribution is 2.25. The number of halogens is 2. The third kappa shape index (κ3) is 1.27. The number of hydrogen-bond acceptors (Lipinski definition) is 0. The lowest BCUT2D eigenvalue weighted by Gasteiger charge is -2.06. The summed E-state index contributed by atoms with van der Waals surface area (Å²) in [6.45, 7) is 3.66. The summed E-state index contributed by atoms with van der Waals surface area (Å²) < 4.78 is 26.8. The summed E-state index contributed by atoms with van der Waals surface area (Å²) in [5.74, 6) is -0.730. The zero-order chi connectivity index (χ0) is 10.3. The van der Waals surface area contributed by atoms with Gasteiger partial charge in [-0.15, -0.1) is 0 Å². The highest BCUT2D eigenvalue weighted by Gasteiger charge is 2.08. The Bertz CT molecular complexity index is 501. The van der Waals surface area contributed by atoms with Crippen molar-refractivity contribution >= 4 is 10.8 Å². The monoisotopic (exact) mass is 192 g/mol. The van der Waals surface area contributed by atoms with Gasteiger partial charge in [0.05, 0.1) is 0 Å². The van der Waals surface area contributed by atoms with E-state index < -0.39 is 0 Å². The lowest BCUT2D eigenvalue weighted by atomic mass is 10.0. The second-order valence-corrected chi connectivity index (χ2v) is 3.53. The molecule has 0 aliphatic carbocycles. The smallest absolute Gasteiger partial charge is 0.131 e. The molecule has 2 aromatic rings. The van der Waals surface area contributed by atoms with Crippen LogP contribution in [0.3, 0.4) is 0 Å². The topological polar surface area (TPSA) is 0 Å². The predicted molar refractivity (Wildman–Crippen MR) is 53.3 cm³/mol. The Morgan fingerprint density at radius 1 is 0.929 bits per heavy atom. The van der Waals surface area contributed by atoms with Crippen LogP contribution in [0.25, 0.3) is 10.8 Å². The summed E-state index contributed by atoms with van der Waals surface area (Å²) in [7, 11) is 0. The van der Waals surface area contributed by atoms with Gasteiger partial charge in [-0.25, -0.2) is 8.78 Å². The van der Waals surface area contributed by atoms with Crippen molar-refractivity contribution in [3.05, 3.63) is 47.0 Å². The zero-order valence-electron chi connectivity index (χ0n) is 8.07. The standard InChI is InChI=1S/C12H10F2/c1-7-5-8(2)12-9(6-7)10(13)3-4-11(12)14/h3-6H,1-2H3. The molecule has 0 aliphatic rings. The van der Waals surface area contributed by atoms with Crippen LogP contribution in [-0.2, 0) is 0 Å². The molecule has 0 spiro atoms. The van der Waals surface area contributed by atoms with E-state index in [1.807, 2.05) is 13.0 Å². The summed E-state index contributed by atoms with van der Waals surface area (Å²) in [6.07, 6.45) is 0. The second kappa shape index (κ2) is 3.05. The Balaban J connectivity index is 3.00. The van der Waals surface area contributed by atoms with E-state index in [0.29, 0.717) is 10.8 Å². The molecule has 0 nitrogen and oxygen atoms in total. The van der Waals surface area contributed by atoms with E-state index in [1.54, 1.807) is 13.0 Å². The summed E-state index contributed by atoms with van der Waals surface area (Å²) in [5.41, 5.74) is 1.72. The molecule has 0 aliphatic heterocycles. The molecular weight excluding hydrogens is 182 g/mol. The summed E-state index contributed by atoms with van der Waals surface area (Å²) in [6, 6.07) is 5.85. The number of aryl methyl sites for hydroxylation is 2. The Morgan fingerprint density at radius 2 is 1.57 bits per heavy atom. The number of rotatable bonds is 0. The number of fused-ring (bicyclic) bond motifs is 1. The van der Waals surface area contributed by atoms with Gasteiger partial charge in [-0.1, -0.05) is 11.6 Å². The van der Waals surface area contributed by atoms with Crippen LogP contribution in [0.15, 0.2) is 24.3 Å². The van der Waals surface area contributed by atoms with Crippen molar-refractivity contribution in [2.24, 2.45) is 0 Å². The first-order chi connectivity index (χ1) is 6.59. The van der Waals surface area contributed by atoms with Crippen LogP contribution in [0.4, 0.5) is 8.78 Å². The van der Waals surface area contributed by atoms with Crippen molar-refractivity contribution in [2.75, 3.05) is 0 Å². The van der Waals surface area contributed by atoms with Gasteiger partial charge >= 0.3 is 0 Å². The molecule has 2 heteroatoms. The highest BCUT2D eigenvalue weighted by atomic mass is 19.1. The third-order valence-corrected chi connectivity index (χ3v) is 2.35. The van der Waals surface area contributed by atoms with Crippen LogP contribution in [0.5, 0.6) is 0 Å². The van der Waals surface area contributed by atoms with Gasteiger partial charge in [-0.05, 0) is 37.6 Å². The molecule has 0 aromatic heterocycles. The quantitative estimate of drug-likeness (QED) is 0.596. The maximum absolute atomic E-state index is 13.4. The van der Waals surface area contributed by atoms with Crippen molar-refractivity contribution in [3.8, 4) is 0 Å². The first-order valence-electron chi connectivity index (χ1n) is 4.44. The van der Waals surface area contributed by atoms with Crippen molar-refractivity contribution in [1.29, 1.82) is 0 Å². The van der Waals surface area contributed by atoms with E-state index in [9.17, 15) is 8.78 Å². The fraction of sp³-hybridized carbons (Fsp3) is 0.167. The summed E-state index contributed by atoms with van der Waals surface area (Å²) in [5, 5.41) is 0.748. The third-order valence-electron chi connectivity index (χ3n) is 2.35. The van der Waals surface area contributed by atoms with Crippen LogP contribution in [0, 0.1) is 25.5 Å². The Hall–Kier alpha value is -1.44. The molecule has 0 saturated carbocycles. The highest BCUT2D eigenvalue weighted by molar-refractivity contribution is 5.87. The van der Waals surface area contributed by atoms with E-state index >= 15 is 0 Å². The molecule has 0 saturated heterocycles. The van der Waals surface area contributed by atoms with Gasteiger partial charge in [-0.3, -0.25) is 0 Å². The van der Waals surface area contributed by atoms with E-state index in [4.69, 9.17) is 0 Å². The van der Waals surface area contributed by atoms with Gasteiger partial charge in [-0.2, -0.15) is 0 Å². The molecule has 2 aromatic carbocycles. The van der Waals surface area contributed by atoms with E-state index in [0.717, 1.165) is 17.2 Å². The van der Waals surface area contributed by atoms with Gasteiger partial charge in [0.15, 0.2) is 0 Å². The molecule has 0 atom stereocenters. The van der Waals surface area contributed by atoms with Crippen molar-refractivity contribution in [2.45, 2.75) is 13.8 Å². The fourth-order valence-electron chi connectivity index (χ4n) is 1.79. The lowest BCUT2D eigenvalue weighted by molar-refractivity contribution is 0.617. The van der Waals surface area contributed by atoms with E-state index in [2.05, 4.69) is 0 Å². The van der Waals surface area contributed by atoms with Crippen molar-refractivity contribution in [3.63, 3.8) is 0 Å². The molecule has 0 bridgehead atoms. The van der Waals surface area contributed by atoms with Crippen LogP contribution >= 0.6 is 0 Å². The van der Waals surface area contributed by atoms with Gasteiger partial charge in [0.1, 0.15) is 11.6 Å². The maximum Gasteiger partial charge on any atom is 0.131 e. The minimum atomic E-state index is -0.367. The number of benzene rings is 2. The number of hydrogen-bond donors (Lipinski definition) is 0. The van der Waals surface area contributed by atoms with Crippen LogP contribution < -0.4 is 0 Å². The Kier molecular flexibility index (Phi) is 1.99. The SMILES string of the molecule is Cc1cc(C)c2c(F)ccc(F)c2c1. The molecule has 0 unspecified atom stereocenters. The largest absolute Gasteiger partial charge is 0.206 e. The lowest BCUT2D eigenvalue weighted by Crippen LogP contribution is -1.89.